The molecule has 0 unspecified atom stereocenters. The van der Waals surface area contributed by atoms with Crippen LogP contribution in [0.15, 0.2) is 50.4 Å². The normalized spacial score (nSPS) is 11.3. The van der Waals surface area contributed by atoms with Gasteiger partial charge in [0, 0.05) is 6.54 Å². The summed E-state index contributed by atoms with van der Waals surface area (Å²) in [5, 5.41) is 0.423. The second-order valence-electron chi connectivity index (χ2n) is 3.35. The van der Waals surface area contributed by atoms with Gasteiger partial charge in [0.25, 0.3) is 0 Å². The van der Waals surface area contributed by atoms with E-state index >= 15 is 0 Å². The van der Waals surface area contributed by atoms with Crippen LogP contribution in [0.4, 0.5) is 0 Å². The lowest BCUT2D eigenvalue weighted by Crippen LogP contribution is -2.24. The topological polar surface area (TPSA) is 52.2 Å². The minimum atomic E-state index is -0.623. The highest BCUT2D eigenvalue weighted by atomic mass is 16.4. The highest BCUT2D eigenvalue weighted by molar-refractivity contribution is 5.77. The molecule has 16 heavy (non-hydrogen) atoms. The van der Waals surface area contributed by atoms with Crippen molar-refractivity contribution < 1.29 is 4.42 Å². The van der Waals surface area contributed by atoms with Crippen molar-refractivity contribution in [3.05, 3.63) is 57.4 Å². The Morgan fingerprint density at radius 2 is 2.06 bits per heavy atom. The molecule has 0 radical (unpaired) electrons. The van der Waals surface area contributed by atoms with Crippen molar-refractivity contribution in [1.82, 2.24) is 4.57 Å². The van der Waals surface area contributed by atoms with Gasteiger partial charge in [-0.05, 0) is 19.1 Å². The van der Waals surface area contributed by atoms with Crippen molar-refractivity contribution >= 4 is 10.9 Å². The Morgan fingerprint density at radius 3 is 2.81 bits per heavy atom. The Kier molecular flexibility index (Phi) is 2.72. The van der Waals surface area contributed by atoms with Gasteiger partial charge in [0.15, 0.2) is 0 Å². The molecule has 0 amide bonds. The number of para-hydroxylation sites is 1. The maximum absolute atomic E-state index is 11.5. The summed E-state index contributed by atoms with van der Waals surface area (Å²) in [5.41, 5.74) is 0.0131. The number of aromatic nitrogens is 1. The summed E-state index contributed by atoms with van der Waals surface area (Å²) in [6, 6.07) is 6.90. The molecule has 4 heteroatoms. The minimum Gasteiger partial charge on any atom is -0.372 e. The summed E-state index contributed by atoms with van der Waals surface area (Å²) < 4.78 is 6.06. The Balaban J connectivity index is 2.81. The molecular weight excluding hydrogens is 206 g/mol. The average molecular weight is 217 g/mol. The molecule has 1 aromatic carbocycles. The minimum absolute atomic E-state index is 0.402. The molecule has 1 heterocycles. The molecule has 0 saturated heterocycles. The van der Waals surface area contributed by atoms with E-state index in [0.717, 1.165) is 0 Å². The van der Waals surface area contributed by atoms with Crippen LogP contribution in [0.5, 0.6) is 0 Å². The third-order valence-corrected chi connectivity index (χ3v) is 2.34. The first-order valence-electron chi connectivity index (χ1n) is 4.98. The quantitative estimate of drug-likeness (QED) is 0.717. The van der Waals surface area contributed by atoms with E-state index < -0.39 is 11.4 Å². The highest BCUT2D eigenvalue weighted by Gasteiger charge is 2.06. The fraction of sp³-hybridized carbons (Fsp3) is 0.167. The molecule has 82 valence electrons. The Labute approximate surface area is 91.4 Å². The lowest BCUT2D eigenvalue weighted by Gasteiger charge is -2.04. The molecule has 0 N–H and O–H groups in total. The molecule has 4 nitrogen and oxygen atoms in total. The number of hydrogen-bond acceptors (Lipinski definition) is 3. The molecular formula is C12H11NO3. The van der Waals surface area contributed by atoms with Crippen molar-refractivity contribution in [3.8, 4) is 0 Å². The summed E-state index contributed by atoms with van der Waals surface area (Å²) in [6.45, 7) is 2.27. The first-order valence-corrected chi connectivity index (χ1v) is 4.98. The zero-order chi connectivity index (χ0) is 11.5. The second-order valence-corrected chi connectivity index (χ2v) is 3.35. The van der Waals surface area contributed by atoms with Gasteiger partial charge in [-0.3, -0.25) is 4.57 Å². The predicted octanol–water partition coefficient (Wildman–Crippen LogP) is 1.53. The number of fused-ring (bicyclic) bond motifs is 1. The monoisotopic (exact) mass is 217 g/mol. The molecule has 0 aliphatic carbocycles. The van der Waals surface area contributed by atoms with Gasteiger partial charge >= 0.3 is 11.4 Å². The van der Waals surface area contributed by atoms with E-state index in [4.69, 9.17) is 0 Å². The Bertz CT molecular complexity index is 649. The predicted molar refractivity (Wildman–Crippen MR) is 61.6 cm³/mol. The number of hydrogen-bond donors (Lipinski definition) is 0. The van der Waals surface area contributed by atoms with Gasteiger partial charge in [0.05, 0.1) is 10.9 Å². The molecule has 0 bridgehead atoms. The van der Waals surface area contributed by atoms with Crippen LogP contribution in [0.2, 0.25) is 0 Å². The van der Waals surface area contributed by atoms with E-state index in [-0.39, 0.29) is 0 Å². The summed E-state index contributed by atoms with van der Waals surface area (Å²) in [6.07, 6.45) is 3.67. The highest BCUT2D eigenvalue weighted by Crippen LogP contribution is 2.06. The van der Waals surface area contributed by atoms with Crippen LogP contribution in [0.1, 0.15) is 6.92 Å². The van der Waals surface area contributed by atoms with Crippen molar-refractivity contribution in [2.24, 2.45) is 0 Å². The molecule has 1 aromatic heterocycles. The standard InChI is InChI=1S/C12H11NO3/c1-2-3-8-13-10-7-5-4-6-9(10)11(14)16-12(13)15/h2-7H,8H2,1H3. The van der Waals surface area contributed by atoms with Gasteiger partial charge in [-0.25, -0.2) is 9.59 Å². The van der Waals surface area contributed by atoms with E-state index in [2.05, 4.69) is 4.42 Å². The summed E-state index contributed by atoms with van der Waals surface area (Å²) in [4.78, 5) is 22.9. The van der Waals surface area contributed by atoms with Gasteiger partial charge < -0.3 is 4.42 Å². The van der Waals surface area contributed by atoms with Crippen molar-refractivity contribution in [1.29, 1.82) is 0 Å². The summed E-state index contributed by atoms with van der Waals surface area (Å²) >= 11 is 0. The molecule has 2 aromatic rings. The molecule has 0 spiro atoms. The smallest absolute Gasteiger partial charge is 0.372 e. The number of nitrogens with zero attached hydrogens (tertiary/aromatic N) is 1. The molecule has 0 atom stereocenters. The van der Waals surface area contributed by atoms with Crippen molar-refractivity contribution in [3.63, 3.8) is 0 Å². The largest absolute Gasteiger partial charge is 0.422 e. The SMILES string of the molecule is CC=CCn1c(=O)oc(=O)c2ccccc21. The molecule has 0 aliphatic rings. The van der Waals surface area contributed by atoms with E-state index in [1.165, 1.54) is 4.57 Å². The van der Waals surface area contributed by atoms with E-state index in [0.29, 0.717) is 17.4 Å². The second kappa shape index (κ2) is 4.18. The van der Waals surface area contributed by atoms with Gasteiger partial charge in [-0.15, -0.1) is 0 Å². The van der Waals surface area contributed by atoms with Crippen LogP contribution in [-0.4, -0.2) is 4.57 Å². The molecule has 0 saturated carbocycles. The number of allylic oxidation sites excluding steroid dienone is 2. The summed E-state index contributed by atoms with van der Waals surface area (Å²) in [5.74, 6) is -0.623. The zero-order valence-electron chi connectivity index (χ0n) is 8.84. The van der Waals surface area contributed by atoms with Crippen LogP contribution in [-0.2, 0) is 6.54 Å². The zero-order valence-corrected chi connectivity index (χ0v) is 8.84. The Morgan fingerprint density at radius 1 is 1.31 bits per heavy atom. The maximum Gasteiger partial charge on any atom is 0.422 e. The van der Waals surface area contributed by atoms with Crippen LogP contribution in [0.3, 0.4) is 0 Å². The average Bonchev–Trinajstić information content (AvgIpc) is 2.29. The third-order valence-electron chi connectivity index (χ3n) is 2.34. The number of rotatable bonds is 2. The Hall–Kier alpha value is -2.10. The maximum atomic E-state index is 11.5. The van der Waals surface area contributed by atoms with Crippen molar-refractivity contribution in [2.75, 3.05) is 0 Å². The first-order chi connectivity index (χ1) is 7.74. The fourth-order valence-electron chi connectivity index (χ4n) is 1.55. The van der Waals surface area contributed by atoms with Gasteiger partial charge in [-0.1, -0.05) is 24.3 Å². The van der Waals surface area contributed by atoms with Gasteiger partial charge in [0.1, 0.15) is 0 Å². The fourth-order valence-corrected chi connectivity index (χ4v) is 1.55. The van der Waals surface area contributed by atoms with Crippen LogP contribution < -0.4 is 11.4 Å². The van der Waals surface area contributed by atoms with Crippen LogP contribution in [0.25, 0.3) is 10.9 Å². The molecule has 0 fully saturated rings. The lowest BCUT2D eigenvalue weighted by atomic mass is 10.2. The first kappa shape index (κ1) is 10.4. The number of benzene rings is 1. The van der Waals surface area contributed by atoms with E-state index in [9.17, 15) is 9.59 Å². The van der Waals surface area contributed by atoms with Gasteiger partial charge in [-0.2, -0.15) is 0 Å². The molecule has 2 rings (SSSR count). The van der Waals surface area contributed by atoms with Crippen LogP contribution in [0, 0.1) is 0 Å². The van der Waals surface area contributed by atoms with Gasteiger partial charge in [0.2, 0.25) is 0 Å². The lowest BCUT2D eigenvalue weighted by molar-refractivity contribution is 0.426. The third kappa shape index (κ3) is 1.69. The van der Waals surface area contributed by atoms with E-state index in [1.807, 2.05) is 19.1 Å². The summed E-state index contributed by atoms with van der Waals surface area (Å²) in [7, 11) is 0. The van der Waals surface area contributed by atoms with Crippen LogP contribution >= 0.6 is 0 Å². The molecule has 0 aliphatic heterocycles. The van der Waals surface area contributed by atoms with E-state index in [1.54, 1.807) is 24.3 Å². The van der Waals surface area contributed by atoms with Crippen molar-refractivity contribution in [2.45, 2.75) is 13.5 Å².